The number of nitrogens with zero attached hydrogens (tertiary/aromatic N) is 1. The molecule has 4 rings (SSSR count). The van der Waals surface area contributed by atoms with E-state index < -0.39 is 43.3 Å². The Balaban J connectivity index is 1.53. The van der Waals surface area contributed by atoms with Crippen molar-refractivity contribution < 1.29 is 32.9 Å². The van der Waals surface area contributed by atoms with Crippen LogP contribution in [-0.4, -0.2) is 54.0 Å². The normalized spacial score (nSPS) is 16.6. The quantitative estimate of drug-likeness (QED) is 0.179. The number of carbonyl (C=O) groups is 3. The molecule has 10 heteroatoms. The monoisotopic (exact) mass is 606 g/mol. The van der Waals surface area contributed by atoms with Crippen molar-refractivity contribution in [1.29, 1.82) is 0 Å². The second-order valence-corrected chi connectivity index (χ2v) is 13.0. The lowest BCUT2D eigenvalue weighted by Crippen LogP contribution is -2.44. The van der Waals surface area contributed by atoms with E-state index in [1.807, 2.05) is 91.0 Å². The number of nitrogens with one attached hydrogen (secondary N) is 1. The second-order valence-electron chi connectivity index (χ2n) is 10.4. The van der Waals surface area contributed by atoms with Gasteiger partial charge in [0.25, 0.3) is 0 Å². The Morgan fingerprint density at radius 3 is 2.05 bits per heavy atom. The van der Waals surface area contributed by atoms with Gasteiger partial charge < -0.3 is 24.2 Å². The van der Waals surface area contributed by atoms with Crippen LogP contribution in [0.5, 0.6) is 0 Å². The number of aryl methyl sites for hydroxylation is 1. The zero-order chi connectivity index (χ0) is 30.5. The number of esters is 1. The third kappa shape index (κ3) is 9.53. The van der Waals surface area contributed by atoms with Crippen molar-refractivity contribution in [3.63, 3.8) is 0 Å². The highest BCUT2D eigenvalue weighted by atomic mass is 31.2. The number of amides is 2. The fraction of sp³-hybridized carbons (Fsp3) is 0.364. The molecule has 3 aromatic rings. The molecule has 0 bridgehead atoms. The molecule has 43 heavy (non-hydrogen) atoms. The van der Waals surface area contributed by atoms with Gasteiger partial charge in [-0.2, -0.15) is 0 Å². The van der Waals surface area contributed by atoms with Gasteiger partial charge in [-0.05, 0) is 49.3 Å². The number of ether oxygens (including phenoxy) is 2. The summed E-state index contributed by atoms with van der Waals surface area (Å²) in [5.74, 6) is -1.98. The van der Waals surface area contributed by atoms with Crippen molar-refractivity contribution in [3.8, 4) is 0 Å². The Morgan fingerprint density at radius 2 is 1.44 bits per heavy atom. The molecule has 228 valence electrons. The Bertz CT molecular complexity index is 1370. The van der Waals surface area contributed by atoms with Crippen molar-refractivity contribution in [1.82, 2.24) is 10.2 Å². The highest BCUT2D eigenvalue weighted by molar-refractivity contribution is 7.60. The van der Waals surface area contributed by atoms with Crippen LogP contribution < -0.4 is 5.32 Å². The minimum atomic E-state index is -3.89. The van der Waals surface area contributed by atoms with E-state index in [0.29, 0.717) is 25.8 Å². The zero-order valence-electron chi connectivity index (χ0n) is 24.4. The van der Waals surface area contributed by atoms with E-state index in [-0.39, 0.29) is 26.2 Å². The Kier molecular flexibility index (Phi) is 11.9. The molecule has 0 aromatic heterocycles. The number of rotatable bonds is 14. The topological polar surface area (TPSA) is 111 Å². The molecule has 0 saturated carbocycles. The molecular weight excluding hydrogens is 567 g/mol. The highest BCUT2D eigenvalue weighted by Gasteiger charge is 2.43. The summed E-state index contributed by atoms with van der Waals surface area (Å²) in [5, 5.41) is 2.72. The SMILES string of the molecule is CCOC(=O)NC(CCc1ccccc1)P(=O)(CC(=O)N1CCC[C@H]1C(=O)OCc1ccccc1)OCc1ccccc1. The lowest BCUT2D eigenvalue weighted by atomic mass is 10.1. The Labute approximate surface area is 253 Å². The van der Waals surface area contributed by atoms with E-state index in [0.717, 1.165) is 16.7 Å². The maximum atomic E-state index is 14.7. The van der Waals surface area contributed by atoms with Crippen LogP contribution in [0.4, 0.5) is 4.79 Å². The maximum absolute atomic E-state index is 14.7. The number of alkyl carbamates (subject to hydrolysis) is 1. The van der Waals surface area contributed by atoms with Gasteiger partial charge >= 0.3 is 12.1 Å². The molecule has 2 amide bonds. The predicted molar refractivity (Wildman–Crippen MR) is 163 cm³/mol. The number of hydrogen-bond acceptors (Lipinski definition) is 7. The van der Waals surface area contributed by atoms with Crippen LogP contribution in [0.1, 0.15) is 42.9 Å². The number of carbonyl (C=O) groups excluding carboxylic acids is 3. The first-order chi connectivity index (χ1) is 20.9. The summed E-state index contributed by atoms with van der Waals surface area (Å²) in [7, 11) is -3.89. The summed E-state index contributed by atoms with van der Waals surface area (Å²) in [6.45, 7) is 2.23. The van der Waals surface area contributed by atoms with Crippen LogP contribution in [0, 0.1) is 0 Å². The third-order valence-electron chi connectivity index (χ3n) is 7.30. The molecule has 1 fully saturated rings. The number of hydrogen-bond donors (Lipinski definition) is 1. The van der Waals surface area contributed by atoms with E-state index in [4.69, 9.17) is 14.0 Å². The van der Waals surface area contributed by atoms with Crippen molar-refractivity contribution in [2.24, 2.45) is 0 Å². The van der Waals surface area contributed by atoms with Gasteiger partial charge in [0.2, 0.25) is 13.3 Å². The number of likely N-dealkylation sites (tertiary alicyclic amines) is 1. The molecule has 0 aliphatic carbocycles. The summed E-state index contributed by atoms with van der Waals surface area (Å²) in [5.41, 5.74) is 2.60. The summed E-state index contributed by atoms with van der Waals surface area (Å²) >= 11 is 0. The van der Waals surface area contributed by atoms with Crippen molar-refractivity contribution >= 4 is 25.3 Å². The fourth-order valence-electron chi connectivity index (χ4n) is 5.04. The lowest BCUT2D eigenvalue weighted by molar-refractivity contribution is -0.154. The molecule has 3 aromatic carbocycles. The van der Waals surface area contributed by atoms with Gasteiger partial charge in [-0.1, -0.05) is 91.0 Å². The molecule has 0 spiro atoms. The molecule has 2 unspecified atom stereocenters. The summed E-state index contributed by atoms with van der Waals surface area (Å²) < 4.78 is 31.5. The van der Waals surface area contributed by atoms with Crippen LogP contribution in [0.15, 0.2) is 91.0 Å². The molecule has 0 radical (unpaired) electrons. The van der Waals surface area contributed by atoms with Gasteiger partial charge in [0.1, 0.15) is 24.6 Å². The van der Waals surface area contributed by atoms with E-state index in [1.54, 1.807) is 6.92 Å². The minimum Gasteiger partial charge on any atom is -0.459 e. The van der Waals surface area contributed by atoms with E-state index in [2.05, 4.69) is 5.32 Å². The Hall–Kier alpha value is -3.94. The number of benzene rings is 3. The molecule has 1 aliphatic heterocycles. The van der Waals surface area contributed by atoms with Crippen LogP contribution in [0.2, 0.25) is 0 Å². The first kappa shape index (κ1) is 32.0. The van der Waals surface area contributed by atoms with E-state index >= 15 is 0 Å². The van der Waals surface area contributed by atoms with Gasteiger partial charge in [0.05, 0.1) is 13.2 Å². The average molecular weight is 607 g/mol. The molecule has 3 atom stereocenters. The van der Waals surface area contributed by atoms with Crippen molar-refractivity contribution in [2.45, 2.75) is 57.6 Å². The molecule has 9 nitrogen and oxygen atoms in total. The average Bonchev–Trinajstić information content (AvgIpc) is 3.53. The summed E-state index contributed by atoms with van der Waals surface area (Å²) in [6.07, 6.45) is 0.597. The van der Waals surface area contributed by atoms with Crippen LogP contribution in [0.25, 0.3) is 0 Å². The lowest BCUT2D eigenvalue weighted by Gasteiger charge is -2.30. The Morgan fingerprint density at radius 1 is 0.860 bits per heavy atom. The third-order valence-corrected chi connectivity index (χ3v) is 9.92. The smallest absolute Gasteiger partial charge is 0.407 e. The minimum absolute atomic E-state index is 0.0136. The molecule has 1 aliphatic rings. The highest BCUT2D eigenvalue weighted by Crippen LogP contribution is 2.53. The predicted octanol–water partition coefficient (Wildman–Crippen LogP) is 5.92. The molecule has 1 heterocycles. The molecule has 1 saturated heterocycles. The van der Waals surface area contributed by atoms with E-state index in [1.165, 1.54) is 4.90 Å². The van der Waals surface area contributed by atoms with Gasteiger partial charge in [0.15, 0.2) is 0 Å². The molecule has 1 N–H and O–H groups in total. The summed E-state index contributed by atoms with van der Waals surface area (Å²) in [6, 6.07) is 27.4. The van der Waals surface area contributed by atoms with Crippen LogP contribution >= 0.6 is 7.37 Å². The van der Waals surface area contributed by atoms with Gasteiger partial charge in [0, 0.05) is 6.54 Å². The van der Waals surface area contributed by atoms with Crippen molar-refractivity contribution in [3.05, 3.63) is 108 Å². The summed E-state index contributed by atoms with van der Waals surface area (Å²) in [4.78, 5) is 40.8. The van der Waals surface area contributed by atoms with Crippen LogP contribution in [-0.2, 0) is 47.8 Å². The second kappa shape index (κ2) is 16.1. The maximum Gasteiger partial charge on any atom is 0.407 e. The van der Waals surface area contributed by atoms with Crippen molar-refractivity contribution in [2.75, 3.05) is 19.3 Å². The first-order valence-corrected chi connectivity index (χ1v) is 16.5. The standard InChI is InChI=1S/C33H39N2O7P/c1-2-40-33(38)34-30(21-20-26-13-6-3-7-14-26)43(39,42-24-28-17-10-5-11-18-28)25-31(36)35-22-12-19-29(35)32(37)41-23-27-15-8-4-9-16-27/h3-11,13-18,29-30H,2,12,19-25H2,1H3,(H,34,38)/t29-,30?,43?/m0/s1. The van der Waals surface area contributed by atoms with Crippen LogP contribution in [0.3, 0.4) is 0 Å². The van der Waals surface area contributed by atoms with E-state index in [9.17, 15) is 18.9 Å². The van der Waals surface area contributed by atoms with Gasteiger partial charge in [-0.25, -0.2) is 9.59 Å². The fourth-order valence-corrected chi connectivity index (χ4v) is 7.28. The largest absolute Gasteiger partial charge is 0.459 e. The first-order valence-electron chi connectivity index (χ1n) is 14.6. The zero-order valence-corrected chi connectivity index (χ0v) is 25.3. The van der Waals surface area contributed by atoms with Gasteiger partial charge in [-0.15, -0.1) is 0 Å². The molecular formula is C33H39N2O7P. The van der Waals surface area contributed by atoms with Gasteiger partial charge in [-0.3, -0.25) is 9.36 Å².